The first-order valence-corrected chi connectivity index (χ1v) is 9.43. The van der Waals surface area contributed by atoms with E-state index in [1.54, 1.807) is 12.3 Å². The van der Waals surface area contributed by atoms with Crippen LogP contribution in [0.3, 0.4) is 0 Å². The summed E-state index contributed by atoms with van der Waals surface area (Å²) in [5.74, 6) is 1.09. The van der Waals surface area contributed by atoms with Crippen molar-refractivity contribution in [3.8, 4) is 17.3 Å². The van der Waals surface area contributed by atoms with Gasteiger partial charge in [0.25, 0.3) is 0 Å². The number of nitrogens with zero attached hydrogens (tertiary/aromatic N) is 3. The van der Waals surface area contributed by atoms with E-state index in [4.69, 9.17) is 0 Å². The smallest absolute Gasteiger partial charge is 0.246 e. The van der Waals surface area contributed by atoms with Gasteiger partial charge < -0.3 is 15.5 Å². The lowest BCUT2D eigenvalue weighted by atomic mass is 10.1. The van der Waals surface area contributed by atoms with Gasteiger partial charge in [-0.2, -0.15) is 0 Å². The van der Waals surface area contributed by atoms with Crippen LogP contribution in [0.5, 0.6) is 11.5 Å². The Kier molecular flexibility index (Phi) is 6.29. The first kappa shape index (κ1) is 20.1. The van der Waals surface area contributed by atoms with Crippen molar-refractivity contribution in [3.63, 3.8) is 0 Å². The minimum absolute atomic E-state index is 0.194. The topological polar surface area (TPSA) is 100 Å². The lowest BCUT2D eigenvalue weighted by molar-refractivity contribution is -0.117. The molecule has 150 valence electrons. The summed E-state index contributed by atoms with van der Waals surface area (Å²) in [4.78, 5) is 21.2. The number of rotatable bonds is 8. The molecule has 0 aliphatic heterocycles. The maximum atomic E-state index is 12.3. The number of aromatic hydroxyl groups is 2. The van der Waals surface area contributed by atoms with Gasteiger partial charge in [0.1, 0.15) is 11.6 Å². The number of hydrogen-bond acceptors (Lipinski definition) is 5. The first-order valence-electron chi connectivity index (χ1n) is 9.43. The van der Waals surface area contributed by atoms with Gasteiger partial charge in [0.2, 0.25) is 5.91 Å². The fourth-order valence-corrected chi connectivity index (χ4v) is 2.98. The van der Waals surface area contributed by atoms with E-state index < -0.39 is 0 Å². The number of imidazole rings is 1. The molecule has 0 atom stereocenters. The highest BCUT2D eigenvalue weighted by Gasteiger charge is 2.10. The Morgan fingerprint density at radius 3 is 2.79 bits per heavy atom. The van der Waals surface area contributed by atoms with Gasteiger partial charge in [-0.25, -0.2) is 9.97 Å². The molecule has 2 heterocycles. The molecule has 2 aromatic heterocycles. The van der Waals surface area contributed by atoms with Crippen LogP contribution in [-0.4, -0.2) is 37.2 Å². The number of phenols is 2. The maximum Gasteiger partial charge on any atom is 0.246 e. The zero-order valence-corrected chi connectivity index (χ0v) is 16.3. The molecule has 29 heavy (non-hydrogen) atoms. The molecule has 0 aliphatic carbocycles. The molecule has 7 heteroatoms. The molecule has 3 aromatic rings. The largest absolute Gasteiger partial charge is 0.504 e. The van der Waals surface area contributed by atoms with Crippen LogP contribution in [0.1, 0.15) is 24.0 Å². The van der Waals surface area contributed by atoms with Crippen LogP contribution in [0.4, 0.5) is 0 Å². The minimum Gasteiger partial charge on any atom is -0.504 e. The summed E-state index contributed by atoms with van der Waals surface area (Å²) in [5.41, 5.74) is 1.94. The van der Waals surface area contributed by atoms with Crippen LogP contribution in [0, 0.1) is 0 Å². The number of phenolic OH excluding ortho intramolecular Hbond substituents is 2. The zero-order chi connectivity index (χ0) is 20.8. The molecule has 0 spiro atoms. The summed E-state index contributed by atoms with van der Waals surface area (Å²) in [5, 5.41) is 21.8. The van der Waals surface area contributed by atoms with Crippen LogP contribution in [0.25, 0.3) is 5.82 Å². The van der Waals surface area contributed by atoms with Gasteiger partial charge in [-0.1, -0.05) is 25.6 Å². The summed E-state index contributed by atoms with van der Waals surface area (Å²) in [6.45, 7) is 6.29. The predicted octanol–water partition coefficient (Wildman–Crippen LogP) is 2.70. The van der Waals surface area contributed by atoms with Crippen LogP contribution >= 0.6 is 0 Å². The van der Waals surface area contributed by atoms with E-state index in [-0.39, 0.29) is 23.8 Å². The Morgan fingerprint density at radius 1 is 1.21 bits per heavy atom. The van der Waals surface area contributed by atoms with Gasteiger partial charge >= 0.3 is 0 Å². The van der Waals surface area contributed by atoms with Crippen molar-refractivity contribution < 1.29 is 15.0 Å². The van der Waals surface area contributed by atoms with E-state index in [0.717, 1.165) is 23.8 Å². The summed E-state index contributed by atoms with van der Waals surface area (Å²) >= 11 is 0. The third-order valence-corrected chi connectivity index (χ3v) is 4.52. The molecule has 0 saturated carbocycles. The quantitative estimate of drug-likeness (QED) is 0.404. The van der Waals surface area contributed by atoms with Crippen LogP contribution in [-0.2, 0) is 24.1 Å². The lowest BCUT2D eigenvalue weighted by Gasteiger charge is -2.10. The SMILES string of the molecule is C=C(Cc1ccc(O)c(O)c1)C(=O)NCCc1cccc(-n2ccnc2CC)n1. The molecule has 0 saturated heterocycles. The van der Waals surface area contributed by atoms with Crippen molar-refractivity contribution in [2.45, 2.75) is 26.2 Å². The summed E-state index contributed by atoms with van der Waals surface area (Å²) < 4.78 is 1.96. The Hall–Kier alpha value is -3.61. The molecule has 3 N–H and O–H groups in total. The third-order valence-electron chi connectivity index (χ3n) is 4.52. The minimum atomic E-state index is -0.253. The molecule has 0 fully saturated rings. The molecule has 0 aliphatic rings. The monoisotopic (exact) mass is 392 g/mol. The molecule has 1 amide bonds. The highest BCUT2D eigenvalue weighted by Crippen LogP contribution is 2.25. The van der Waals surface area contributed by atoms with Gasteiger partial charge in [0.15, 0.2) is 11.5 Å². The number of hydrogen-bond donors (Lipinski definition) is 3. The number of aromatic nitrogens is 3. The van der Waals surface area contributed by atoms with Crippen molar-refractivity contribution in [2.24, 2.45) is 0 Å². The molecule has 0 bridgehead atoms. The van der Waals surface area contributed by atoms with Gasteiger partial charge in [-0.05, 0) is 29.8 Å². The zero-order valence-electron chi connectivity index (χ0n) is 16.3. The van der Waals surface area contributed by atoms with Crippen molar-refractivity contribution in [1.29, 1.82) is 0 Å². The molecule has 0 radical (unpaired) electrons. The van der Waals surface area contributed by atoms with Gasteiger partial charge in [0, 0.05) is 49.5 Å². The lowest BCUT2D eigenvalue weighted by Crippen LogP contribution is -2.27. The Bertz CT molecular complexity index is 1030. The molecular weight excluding hydrogens is 368 g/mol. The number of carbonyl (C=O) groups excluding carboxylic acids is 1. The molecule has 7 nitrogen and oxygen atoms in total. The normalized spacial score (nSPS) is 10.7. The van der Waals surface area contributed by atoms with Crippen LogP contribution in [0.15, 0.2) is 60.9 Å². The molecule has 3 rings (SSSR count). The summed E-state index contributed by atoms with van der Waals surface area (Å²) in [6, 6.07) is 10.2. The number of aryl methyl sites for hydroxylation is 1. The fraction of sp³-hybridized carbons (Fsp3) is 0.227. The fourth-order valence-electron chi connectivity index (χ4n) is 2.98. The second kappa shape index (κ2) is 9.05. The second-order valence-electron chi connectivity index (χ2n) is 6.66. The number of amides is 1. The van der Waals surface area contributed by atoms with E-state index in [1.165, 1.54) is 12.1 Å². The number of benzene rings is 1. The van der Waals surface area contributed by atoms with Crippen LogP contribution < -0.4 is 5.32 Å². The summed E-state index contributed by atoms with van der Waals surface area (Å²) in [6.07, 6.45) is 5.33. The van der Waals surface area contributed by atoms with E-state index in [1.807, 2.05) is 35.9 Å². The number of pyridine rings is 1. The predicted molar refractivity (Wildman–Crippen MR) is 110 cm³/mol. The van der Waals surface area contributed by atoms with Crippen molar-refractivity contribution in [1.82, 2.24) is 19.9 Å². The van der Waals surface area contributed by atoms with Crippen molar-refractivity contribution >= 4 is 5.91 Å². The Morgan fingerprint density at radius 2 is 2.03 bits per heavy atom. The van der Waals surface area contributed by atoms with Crippen LogP contribution in [0.2, 0.25) is 0 Å². The van der Waals surface area contributed by atoms with Gasteiger partial charge in [-0.15, -0.1) is 0 Å². The van der Waals surface area contributed by atoms with Gasteiger partial charge in [-0.3, -0.25) is 9.36 Å². The second-order valence-corrected chi connectivity index (χ2v) is 6.66. The highest BCUT2D eigenvalue weighted by atomic mass is 16.3. The van der Waals surface area contributed by atoms with E-state index in [0.29, 0.717) is 24.1 Å². The molecule has 0 unspecified atom stereocenters. The molecular formula is C22H24N4O3. The average Bonchev–Trinajstić information content (AvgIpc) is 3.20. The molecule has 1 aromatic carbocycles. The van der Waals surface area contributed by atoms with Gasteiger partial charge in [0.05, 0.1) is 0 Å². The maximum absolute atomic E-state index is 12.3. The summed E-state index contributed by atoms with van der Waals surface area (Å²) in [7, 11) is 0. The van der Waals surface area contributed by atoms with Crippen molar-refractivity contribution in [2.75, 3.05) is 6.54 Å². The van der Waals surface area contributed by atoms with E-state index in [2.05, 4.69) is 21.9 Å². The van der Waals surface area contributed by atoms with E-state index in [9.17, 15) is 15.0 Å². The Balaban J connectivity index is 1.54. The third kappa shape index (κ3) is 5.01. The van der Waals surface area contributed by atoms with E-state index >= 15 is 0 Å². The van der Waals surface area contributed by atoms with Crippen molar-refractivity contribution in [3.05, 3.63) is 78.0 Å². The standard InChI is InChI=1S/C22H24N4O3/c1-3-20-23-11-12-26(20)21-6-4-5-17(25-21)9-10-24-22(29)15(2)13-16-7-8-18(27)19(28)14-16/h4-8,11-12,14,27-28H,2-3,9-10,13H2,1H3,(H,24,29). The number of nitrogens with one attached hydrogen (secondary N) is 1. The first-order chi connectivity index (χ1) is 14.0. The number of carbonyl (C=O) groups is 1. The average molecular weight is 392 g/mol. The highest BCUT2D eigenvalue weighted by molar-refractivity contribution is 5.93. The Labute approximate surface area is 169 Å².